The Kier molecular flexibility index (Phi) is 9.59. The average Bonchev–Trinajstić information content (AvgIpc) is 3.17. The standard InChI is InChI=1S/C18H34BN6O7P/c1-3-28-7-8-29-6-4-5-21-18-24-14-15(20)22-11-23-16(14)25(18)17-13(26)10-31-33(19,27)30-9-12(2)32-17/h11-13,17,26-27,33H,3-10,19H2,1-2H3,(H,21,24)(H2,20,22,23)/t12-,13-,17+/m0/s1. The van der Waals surface area contributed by atoms with Gasteiger partial charge in [-0.05, 0) is 6.92 Å². The van der Waals surface area contributed by atoms with Crippen LogP contribution in [0.3, 0.4) is 0 Å². The zero-order chi connectivity index (χ0) is 23.8. The molecule has 3 atom stereocenters. The van der Waals surface area contributed by atoms with Crippen LogP contribution in [0.1, 0.15) is 26.5 Å². The van der Waals surface area contributed by atoms with Crippen molar-refractivity contribution in [2.75, 3.05) is 57.2 Å². The molecule has 0 aromatic carbocycles. The molecule has 0 bridgehead atoms. The van der Waals surface area contributed by atoms with Crippen molar-refractivity contribution < 1.29 is 33.3 Å². The van der Waals surface area contributed by atoms with Crippen LogP contribution in [0.15, 0.2) is 6.33 Å². The molecular weight excluding hydrogens is 454 g/mol. The van der Waals surface area contributed by atoms with Crippen LogP contribution in [-0.4, -0.2) is 95.5 Å². The molecule has 0 aliphatic carbocycles. The van der Waals surface area contributed by atoms with Crippen molar-refractivity contribution in [3.05, 3.63) is 6.33 Å². The van der Waals surface area contributed by atoms with Crippen LogP contribution in [0.2, 0.25) is 0 Å². The van der Waals surface area contributed by atoms with E-state index < -0.39 is 26.3 Å². The molecule has 1 saturated heterocycles. The molecule has 1 fully saturated rings. The number of nitrogens with two attached hydrogens (primary N) is 1. The molecule has 33 heavy (non-hydrogen) atoms. The third-order valence-corrected chi connectivity index (χ3v) is 6.30. The van der Waals surface area contributed by atoms with Crippen LogP contribution in [-0.2, 0) is 23.3 Å². The van der Waals surface area contributed by atoms with Gasteiger partial charge in [0.1, 0.15) is 0 Å². The summed E-state index contributed by atoms with van der Waals surface area (Å²) in [7, 11) is -1.87. The predicted octanol–water partition coefficient (Wildman–Crippen LogP) is -0.390. The number of imidazole rings is 1. The maximum absolute atomic E-state index is 10.9. The van der Waals surface area contributed by atoms with Crippen molar-refractivity contribution in [3.8, 4) is 0 Å². The number of aliphatic hydroxyl groups excluding tert-OH is 1. The van der Waals surface area contributed by atoms with E-state index in [2.05, 4.69) is 20.3 Å². The Labute approximate surface area is 193 Å². The predicted molar refractivity (Wildman–Crippen MR) is 127 cm³/mol. The minimum atomic E-state index is -3.37. The van der Waals surface area contributed by atoms with Gasteiger partial charge in [-0.25, -0.2) is 0 Å². The summed E-state index contributed by atoms with van der Waals surface area (Å²) in [5, 5.41) is 14.2. The molecule has 1 aliphatic heterocycles. The molecule has 1 aliphatic rings. The van der Waals surface area contributed by atoms with Crippen LogP contribution in [0.5, 0.6) is 0 Å². The molecule has 0 saturated carbocycles. The molecule has 15 heteroatoms. The van der Waals surface area contributed by atoms with E-state index in [4.69, 9.17) is 29.0 Å². The maximum atomic E-state index is 10.9. The van der Waals surface area contributed by atoms with Crippen molar-refractivity contribution in [3.63, 3.8) is 0 Å². The summed E-state index contributed by atoms with van der Waals surface area (Å²) < 4.78 is 29.5. The van der Waals surface area contributed by atoms with Crippen molar-refractivity contribution in [2.24, 2.45) is 0 Å². The van der Waals surface area contributed by atoms with Crippen LogP contribution in [0.25, 0.3) is 11.2 Å². The van der Waals surface area contributed by atoms with E-state index in [0.29, 0.717) is 56.5 Å². The zero-order valence-electron chi connectivity index (χ0n) is 19.3. The molecule has 2 aromatic heterocycles. The second-order valence-corrected chi connectivity index (χ2v) is 10.1. The van der Waals surface area contributed by atoms with Gasteiger partial charge in [0.2, 0.25) is 0 Å². The second kappa shape index (κ2) is 12.2. The van der Waals surface area contributed by atoms with E-state index in [0.717, 1.165) is 0 Å². The molecule has 5 N–H and O–H groups in total. The van der Waals surface area contributed by atoms with E-state index in [9.17, 15) is 10.00 Å². The fourth-order valence-corrected chi connectivity index (χ4v) is 4.37. The molecule has 0 amide bonds. The average molecular weight is 488 g/mol. The Morgan fingerprint density at radius 1 is 1.27 bits per heavy atom. The minimum absolute atomic E-state index is 0.105. The van der Waals surface area contributed by atoms with E-state index in [1.54, 1.807) is 11.5 Å². The molecule has 3 rings (SSSR count). The Bertz CT molecular complexity index is 891. The first-order valence-electron chi connectivity index (χ1n) is 11.0. The van der Waals surface area contributed by atoms with Gasteiger partial charge in [0.05, 0.1) is 6.61 Å². The second-order valence-electron chi connectivity index (χ2n) is 7.75. The van der Waals surface area contributed by atoms with E-state index in [-0.39, 0.29) is 19.0 Å². The van der Waals surface area contributed by atoms with Gasteiger partial charge in [0.15, 0.2) is 0 Å². The number of hydrogen-bond acceptors (Lipinski definition) is 12. The summed E-state index contributed by atoms with van der Waals surface area (Å²) in [6.07, 6.45) is -0.464. The summed E-state index contributed by atoms with van der Waals surface area (Å²) in [4.78, 5) is 23.2. The molecule has 0 radical (unpaired) electrons. The molecule has 2 aromatic rings. The van der Waals surface area contributed by atoms with Gasteiger partial charge in [0, 0.05) is 6.61 Å². The Hall–Kier alpha value is -1.64. The van der Waals surface area contributed by atoms with E-state index >= 15 is 0 Å². The van der Waals surface area contributed by atoms with Crippen molar-refractivity contribution in [1.82, 2.24) is 19.5 Å². The molecule has 13 nitrogen and oxygen atoms in total. The number of fused-ring (bicyclic) bond motifs is 1. The first kappa shape index (κ1) is 26.0. The van der Waals surface area contributed by atoms with Crippen LogP contribution < -0.4 is 11.1 Å². The van der Waals surface area contributed by atoms with Gasteiger partial charge in [0.25, 0.3) is 0 Å². The Morgan fingerprint density at radius 2 is 2.03 bits per heavy atom. The summed E-state index contributed by atoms with van der Waals surface area (Å²) >= 11 is 0. The van der Waals surface area contributed by atoms with Gasteiger partial charge in [-0.3, -0.25) is 0 Å². The number of nitrogens with zero attached hydrogens (tertiary/aromatic N) is 4. The number of nitrogens with one attached hydrogen (secondary N) is 1. The summed E-state index contributed by atoms with van der Waals surface area (Å²) in [5.74, 6) is 0.619. The number of hydrogen-bond donors (Lipinski definition) is 4. The fourth-order valence-electron chi connectivity index (χ4n) is 3.27. The summed E-state index contributed by atoms with van der Waals surface area (Å²) in [6, 6.07) is 0. The number of anilines is 2. The van der Waals surface area contributed by atoms with Crippen LogP contribution in [0, 0.1) is 0 Å². The van der Waals surface area contributed by atoms with E-state index in [1.807, 2.05) is 6.92 Å². The van der Waals surface area contributed by atoms with Crippen LogP contribution in [0.4, 0.5) is 11.8 Å². The number of rotatable bonds is 10. The number of nitrogen functional groups attached to an aromatic ring is 1. The third-order valence-electron chi connectivity index (χ3n) is 4.89. The molecule has 3 heterocycles. The molecule has 0 unspecified atom stereocenters. The van der Waals surface area contributed by atoms with Crippen molar-refractivity contribution >= 4 is 38.3 Å². The summed E-state index contributed by atoms with van der Waals surface area (Å²) in [5.41, 5.74) is 6.80. The quantitative estimate of drug-likeness (QED) is 0.195. The molecule has 0 spiro atoms. The number of aliphatic hydroxyl groups is 1. The normalized spacial score (nSPS) is 24.7. The van der Waals surface area contributed by atoms with Gasteiger partial charge in [-0.15, -0.1) is 0 Å². The number of aromatic nitrogens is 4. The monoisotopic (exact) mass is 488 g/mol. The van der Waals surface area contributed by atoms with Crippen molar-refractivity contribution in [2.45, 2.75) is 38.7 Å². The SMILES string of the molecule is B[PH]1(O)OC[C@H](C)O[C@@H](n2c(NCCCOCCOCC)nc3c(N)ncnc32)[C@@H](O)CO1. The van der Waals surface area contributed by atoms with Gasteiger partial charge < -0.3 is 4.74 Å². The third kappa shape index (κ3) is 7.17. The first-order chi connectivity index (χ1) is 15.8. The van der Waals surface area contributed by atoms with Crippen LogP contribution >= 0.6 is 7.82 Å². The summed E-state index contributed by atoms with van der Waals surface area (Å²) in [6.45, 7) is 6.50. The Morgan fingerprint density at radius 3 is 2.82 bits per heavy atom. The Balaban J connectivity index is 1.79. The van der Waals surface area contributed by atoms with Gasteiger partial charge >= 0.3 is 168 Å². The topological polar surface area (TPSA) is 168 Å². The fraction of sp³-hybridized carbons (Fsp3) is 0.722. The van der Waals surface area contributed by atoms with Crippen molar-refractivity contribution in [1.29, 1.82) is 0 Å². The van der Waals surface area contributed by atoms with Gasteiger partial charge in [-0.1, -0.05) is 0 Å². The zero-order valence-corrected chi connectivity index (χ0v) is 20.3. The molecule has 186 valence electrons. The molecular formula is C18H34BN6O7P. The van der Waals surface area contributed by atoms with Gasteiger partial charge in [-0.2, -0.15) is 0 Å². The first-order valence-corrected chi connectivity index (χ1v) is 13.3. The number of ether oxygens (including phenoxy) is 3. The van der Waals surface area contributed by atoms with E-state index in [1.165, 1.54) is 13.9 Å².